The maximum atomic E-state index is 8.77. The first-order chi connectivity index (χ1) is 7.58. The summed E-state index contributed by atoms with van der Waals surface area (Å²) in [5.74, 6) is 0.852. The smallest absolute Gasteiger partial charge is 0.179 e. The van der Waals surface area contributed by atoms with Crippen LogP contribution in [0.1, 0.15) is 12.5 Å². The molecule has 0 heterocycles. The Labute approximate surface area is 99.5 Å². The second-order valence-electron chi connectivity index (χ2n) is 3.39. The minimum absolute atomic E-state index is 0.101. The normalized spacial score (nSPS) is 11.7. The number of rotatable bonds is 4. The van der Waals surface area contributed by atoms with E-state index in [1.54, 1.807) is 6.07 Å². The van der Waals surface area contributed by atoms with E-state index < -0.39 is 0 Å². The molecule has 1 aromatic carbocycles. The molecular formula is C11H13ClN2O2. The van der Waals surface area contributed by atoms with E-state index in [4.69, 9.17) is 32.1 Å². The quantitative estimate of drug-likeness (QED) is 0.873. The van der Waals surface area contributed by atoms with Gasteiger partial charge in [-0.15, -0.1) is 0 Å². The van der Waals surface area contributed by atoms with Gasteiger partial charge in [0, 0.05) is 12.1 Å². The van der Waals surface area contributed by atoms with E-state index in [0.717, 1.165) is 0 Å². The zero-order chi connectivity index (χ0) is 12.1. The average molecular weight is 241 g/mol. The van der Waals surface area contributed by atoms with E-state index in [1.165, 1.54) is 13.2 Å². The summed E-state index contributed by atoms with van der Waals surface area (Å²) in [6.45, 7) is 2.16. The van der Waals surface area contributed by atoms with E-state index in [-0.39, 0.29) is 6.04 Å². The molecule has 0 aliphatic heterocycles. The van der Waals surface area contributed by atoms with Crippen molar-refractivity contribution in [1.82, 2.24) is 0 Å². The summed E-state index contributed by atoms with van der Waals surface area (Å²) in [5.41, 5.74) is 6.00. The molecule has 5 heteroatoms. The summed E-state index contributed by atoms with van der Waals surface area (Å²) in [6.07, 6.45) is 0. The zero-order valence-electron chi connectivity index (χ0n) is 9.16. The maximum absolute atomic E-state index is 8.77. The Hall–Kier alpha value is -1.44. The maximum Gasteiger partial charge on any atom is 0.179 e. The molecule has 0 fully saturated rings. The second kappa shape index (κ2) is 5.59. The molecule has 1 unspecified atom stereocenters. The number of nitrogens with zero attached hydrogens (tertiary/aromatic N) is 1. The van der Waals surface area contributed by atoms with Crippen LogP contribution in [0.25, 0.3) is 0 Å². The van der Waals surface area contributed by atoms with Crippen LogP contribution in [0.3, 0.4) is 0 Å². The second-order valence-corrected chi connectivity index (χ2v) is 3.80. The van der Waals surface area contributed by atoms with Gasteiger partial charge in [0.2, 0.25) is 0 Å². The lowest BCUT2D eigenvalue weighted by molar-refractivity contribution is 0.278. The molecule has 1 rings (SSSR count). The lowest BCUT2D eigenvalue weighted by Crippen LogP contribution is -2.23. The van der Waals surface area contributed by atoms with E-state index in [1.807, 2.05) is 13.0 Å². The highest BCUT2D eigenvalue weighted by molar-refractivity contribution is 6.32. The van der Waals surface area contributed by atoms with Crippen LogP contribution in [-0.2, 0) is 0 Å². The first-order valence-electron chi connectivity index (χ1n) is 4.74. The van der Waals surface area contributed by atoms with Crippen molar-refractivity contribution in [3.05, 3.63) is 22.7 Å². The number of hydrogen-bond acceptors (Lipinski definition) is 4. The van der Waals surface area contributed by atoms with Gasteiger partial charge in [-0.25, -0.2) is 0 Å². The molecule has 0 saturated carbocycles. The molecule has 1 atom stereocenters. The van der Waals surface area contributed by atoms with E-state index in [2.05, 4.69) is 0 Å². The van der Waals surface area contributed by atoms with Crippen molar-refractivity contribution in [1.29, 1.82) is 5.26 Å². The fourth-order valence-electron chi connectivity index (χ4n) is 1.14. The number of methoxy groups -OCH3 is 1. The predicted molar refractivity (Wildman–Crippen MR) is 61.9 cm³/mol. The lowest BCUT2D eigenvalue weighted by Gasteiger charge is -2.13. The van der Waals surface area contributed by atoms with Gasteiger partial charge in [-0.3, -0.25) is 0 Å². The highest BCUT2D eigenvalue weighted by Crippen LogP contribution is 2.36. The first kappa shape index (κ1) is 12.6. The number of nitrogens with two attached hydrogens (primary N) is 1. The molecule has 0 bridgehead atoms. The van der Waals surface area contributed by atoms with Crippen molar-refractivity contribution < 1.29 is 9.47 Å². The van der Waals surface area contributed by atoms with Crippen LogP contribution in [-0.4, -0.2) is 19.8 Å². The Morgan fingerprint density at radius 2 is 2.25 bits per heavy atom. The molecule has 0 aromatic heterocycles. The Morgan fingerprint density at radius 1 is 1.56 bits per heavy atom. The first-order valence-corrected chi connectivity index (χ1v) is 5.12. The van der Waals surface area contributed by atoms with Crippen LogP contribution in [0.4, 0.5) is 0 Å². The van der Waals surface area contributed by atoms with Gasteiger partial charge in [0.25, 0.3) is 0 Å². The molecule has 2 N–H and O–H groups in total. The van der Waals surface area contributed by atoms with Crippen LogP contribution in [0.15, 0.2) is 12.1 Å². The lowest BCUT2D eigenvalue weighted by atomic mass is 10.2. The number of ether oxygens (including phenoxy) is 2. The van der Waals surface area contributed by atoms with Crippen LogP contribution < -0.4 is 15.2 Å². The van der Waals surface area contributed by atoms with Gasteiger partial charge in [0.05, 0.1) is 23.8 Å². The highest BCUT2D eigenvalue weighted by atomic mass is 35.5. The minimum atomic E-state index is -0.101. The van der Waals surface area contributed by atoms with Gasteiger partial charge in [0.15, 0.2) is 11.5 Å². The summed E-state index contributed by atoms with van der Waals surface area (Å²) in [5, 5.41) is 9.11. The number of nitriles is 1. The van der Waals surface area contributed by atoms with Crippen LogP contribution in [0, 0.1) is 11.3 Å². The van der Waals surface area contributed by atoms with Crippen molar-refractivity contribution in [3.63, 3.8) is 0 Å². The molecule has 0 spiro atoms. The van der Waals surface area contributed by atoms with Gasteiger partial charge in [-0.2, -0.15) is 5.26 Å². The summed E-state index contributed by atoms with van der Waals surface area (Å²) in [7, 11) is 1.49. The third kappa shape index (κ3) is 3.02. The fourth-order valence-corrected chi connectivity index (χ4v) is 1.40. The van der Waals surface area contributed by atoms with Gasteiger partial charge in [-0.1, -0.05) is 11.6 Å². The third-order valence-corrected chi connectivity index (χ3v) is 2.13. The largest absolute Gasteiger partial charge is 0.493 e. The topological polar surface area (TPSA) is 68.3 Å². The average Bonchev–Trinajstić information content (AvgIpc) is 2.26. The number of benzene rings is 1. The van der Waals surface area contributed by atoms with Crippen molar-refractivity contribution in [2.75, 3.05) is 13.7 Å². The Bertz CT molecular complexity index is 413. The van der Waals surface area contributed by atoms with Crippen molar-refractivity contribution in [2.45, 2.75) is 13.0 Å². The molecular weight excluding hydrogens is 228 g/mol. The van der Waals surface area contributed by atoms with Crippen molar-refractivity contribution >= 4 is 11.6 Å². The van der Waals surface area contributed by atoms with E-state index in [9.17, 15) is 0 Å². The van der Waals surface area contributed by atoms with Crippen molar-refractivity contribution in [2.24, 2.45) is 5.73 Å². The van der Waals surface area contributed by atoms with E-state index in [0.29, 0.717) is 28.7 Å². The Balaban J connectivity index is 3.03. The van der Waals surface area contributed by atoms with Crippen LogP contribution in [0.2, 0.25) is 5.02 Å². The van der Waals surface area contributed by atoms with Crippen LogP contribution in [0.5, 0.6) is 11.5 Å². The van der Waals surface area contributed by atoms with E-state index >= 15 is 0 Å². The molecule has 0 radical (unpaired) electrons. The molecule has 0 saturated heterocycles. The zero-order valence-corrected chi connectivity index (χ0v) is 9.91. The van der Waals surface area contributed by atoms with Gasteiger partial charge in [-0.05, 0) is 13.0 Å². The summed E-state index contributed by atoms with van der Waals surface area (Å²) in [6, 6.07) is 4.99. The van der Waals surface area contributed by atoms with Crippen LogP contribution >= 0.6 is 11.6 Å². The molecule has 1 aromatic rings. The Morgan fingerprint density at radius 3 is 2.75 bits per heavy atom. The van der Waals surface area contributed by atoms with Gasteiger partial charge < -0.3 is 15.2 Å². The summed E-state index contributed by atoms with van der Waals surface area (Å²) in [4.78, 5) is 0. The molecule has 16 heavy (non-hydrogen) atoms. The highest BCUT2D eigenvalue weighted by Gasteiger charge is 2.12. The molecule has 86 valence electrons. The number of halogens is 1. The standard InChI is InChI=1S/C11H13ClN2O2/c1-7(14)6-16-11-9(12)3-8(5-13)4-10(11)15-2/h3-4,7H,6,14H2,1-2H3. The van der Waals surface area contributed by atoms with Gasteiger partial charge in [0.1, 0.15) is 6.61 Å². The SMILES string of the molecule is COc1cc(C#N)cc(Cl)c1OCC(C)N. The minimum Gasteiger partial charge on any atom is -0.493 e. The summed E-state index contributed by atoms with van der Waals surface area (Å²) >= 11 is 5.98. The molecule has 4 nitrogen and oxygen atoms in total. The fraction of sp³-hybridized carbons (Fsp3) is 0.364. The molecule has 0 aliphatic rings. The monoisotopic (exact) mass is 240 g/mol. The summed E-state index contributed by atoms with van der Waals surface area (Å²) < 4.78 is 10.5. The number of hydrogen-bond donors (Lipinski definition) is 1. The molecule has 0 amide bonds. The Kier molecular flexibility index (Phi) is 4.41. The molecule has 0 aliphatic carbocycles. The van der Waals surface area contributed by atoms with Crippen molar-refractivity contribution in [3.8, 4) is 17.6 Å². The third-order valence-electron chi connectivity index (χ3n) is 1.85. The van der Waals surface area contributed by atoms with Gasteiger partial charge >= 0.3 is 0 Å². The predicted octanol–water partition coefficient (Wildman–Crippen LogP) is 1.95.